The molecule has 0 aliphatic rings. The summed E-state index contributed by atoms with van der Waals surface area (Å²) in [6.45, 7) is 4.05. The van der Waals surface area contributed by atoms with E-state index in [1.165, 1.54) is 17.7 Å². The van der Waals surface area contributed by atoms with Crippen LogP contribution in [0.2, 0.25) is 0 Å². The molecule has 0 amide bonds. The number of methoxy groups -OCH3 is 1. The molecule has 1 aromatic carbocycles. The number of aromatic nitrogens is 3. The molecule has 120 valence electrons. The number of fused-ring (bicyclic) bond motifs is 1. The van der Waals surface area contributed by atoms with Gasteiger partial charge in [-0.05, 0) is 32.0 Å². The van der Waals surface area contributed by atoms with Gasteiger partial charge in [0.05, 0.1) is 17.3 Å². The maximum Gasteiger partial charge on any atom is 0.189 e. The molecular weight excluding hydrogens is 312 g/mol. The highest BCUT2D eigenvalue weighted by Crippen LogP contribution is 2.32. The van der Waals surface area contributed by atoms with E-state index in [9.17, 15) is 0 Å². The van der Waals surface area contributed by atoms with Crippen LogP contribution in [-0.4, -0.2) is 28.1 Å². The van der Waals surface area contributed by atoms with Crippen molar-refractivity contribution in [2.45, 2.75) is 19.9 Å². The van der Waals surface area contributed by atoms with Crippen LogP contribution in [0.15, 0.2) is 24.5 Å². The predicted octanol–water partition coefficient (Wildman–Crippen LogP) is 3.24. The Bertz CT molecular complexity index is 832. The average Bonchev–Trinajstić information content (AvgIpc) is 2.92. The van der Waals surface area contributed by atoms with E-state index >= 15 is 0 Å². The van der Waals surface area contributed by atoms with Gasteiger partial charge in [-0.15, -0.1) is 0 Å². The normalized spacial score (nSPS) is 11.0. The third kappa shape index (κ3) is 3.26. The number of benzene rings is 1. The van der Waals surface area contributed by atoms with E-state index in [2.05, 4.69) is 25.6 Å². The van der Waals surface area contributed by atoms with Gasteiger partial charge < -0.3 is 21.1 Å². The summed E-state index contributed by atoms with van der Waals surface area (Å²) in [4.78, 5) is 12.9. The van der Waals surface area contributed by atoms with Crippen LogP contribution in [0.3, 0.4) is 0 Å². The number of nitrogens with two attached hydrogens (primary N) is 1. The number of hydrogen-bond donors (Lipinski definition) is 3. The van der Waals surface area contributed by atoms with E-state index in [4.69, 9.17) is 10.5 Å². The van der Waals surface area contributed by atoms with Crippen LogP contribution in [0.1, 0.15) is 13.8 Å². The Morgan fingerprint density at radius 2 is 2.00 bits per heavy atom. The monoisotopic (exact) mass is 330 g/mol. The highest BCUT2D eigenvalue weighted by atomic mass is 32.1. The molecule has 0 fully saturated rings. The number of ether oxygens (including phenoxy) is 1. The molecule has 23 heavy (non-hydrogen) atoms. The van der Waals surface area contributed by atoms with Crippen molar-refractivity contribution in [2.75, 3.05) is 23.5 Å². The van der Waals surface area contributed by atoms with Crippen molar-refractivity contribution < 1.29 is 4.74 Å². The molecule has 4 N–H and O–H groups in total. The lowest BCUT2D eigenvalue weighted by Crippen LogP contribution is -2.14. The van der Waals surface area contributed by atoms with E-state index in [0.29, 0.717) is 22.5 Å². The molecule has 8 heteroatoms. The minimum Gasteiger partial charge on any atom is -0.497 e. The smallest absolute Gasteiger partial charge is 0.189 e. The third-order valence-electron chi connectivity index (χ3n) is 3.13. The summed E-state index contributed by atoms with van der Waals surface area (Å²) in [5.74, 6) is 1.95. The van der Waals surface area contributed by atoms with Crippen molar-refractivity contribution in [2.24, 2.45) is 0 Å². The predicted molar refractivity (Wildman–Crippen MR) is 94.7 cm³/mol. The average molecular weight is 330 g/mol. The van der Waals surface area contributed by atoms with E-state index in [-0.39, 0.29) is 6.04 Å². The zero-order chi connectivity index (χ0) is 16.4. The first kappa shape index (κ1) is 15.3. The first-order chi connectivity index (χ1) is 11.1. The van der Waals surface area contributed by atoms with E-state index in [1.807, 2.05) is 32.0 Å². The van der Waals surface area contributed by atoms with Crippen LogP contribution in [-0.2, 0) is 0 Å². The molecular formula is C15H18N6OS. The van der Waals surface area contributed by atoms with Crippen LogP contribution in [0, 0.1) is 0 Å². The van der Waals surface area contributed by atoms with Gasteiger partial charge in [0, 0.05) is 6.04 Å². The molecule has 0 bridgehead atoms. The molecule has 2 aromatic heterocycles. The van der Waals surface area contributed by atoms with Gasteiger partial charge in [0.25, 0.3) is 0 Å². The fourth-order valence-electron chi connectivity index (χ4n) is 2.07. The zero-order valence-electron chi connectivity index (χ0n) is 13.1. The summed E-state index contributed by atoms with van der Waals surface area (Å²) >= 11 is 1.51. The third-order valence-corrected chi connectivity index (χ3v) is 4.06. The molecule has 2 heterocycles. The Kier molecular flexibility index (Phi) is 4.16. The molecule has 3 aromatic rings. The molecule has 0 unspecified atom stereocenters. The first-order valence-electron chi connectivity index (χ1n) is 7.15. The van der Waals surface area contributed by atoms with Gasteiger partial charge in [0.15, 0.2) is 16.8 Å². The van der Waals surface area contributed by atoms with Crippen molar-refractivity contribution >= 4 is 44.0 Å². The molecule has 7 nitrogen and oxygen atoms in total. The SMILES string of the molecule is COc1ccc2nc(Nc3ncnc(NC(C)C)c3N)sc2c1. The first-order valence-corrected chi connectivity index (χ1v) is 7.97. The van der Waals surface area contributed by atoms with E-state index < -0.39 is 0 Å². The molecule has 3 rings (SSSR count). The van der Waals surface area contributed by atoms with Gasteiger partial charge in [-0.2, -0.15) is 0 Å². The number of hydrogen-bond acceptors (Lipinski definition) is 8. The van der Waals surface area contributed by atoms with Crippen molar-refractivity contribution in [3.63, 3.8) is 0 Å². The summed E-state index contributed by atoms with van der Waals surface area (Å²) in [5, 5.41) is 7.07. The Balaban J connectivity index is 1.89. The summed E-state index contributed by atoms with van der Waals surface area (Å²) < 4.78 is 6.26. The maximum absolute atomic E-state index is 6.13. The van der Waals surface area contributed by atoms with Gasteiger partial charge in [-0.1, -0.05) is 11.3 Å². The van der Waals surface area contributed by atoms with Crippen molar-refractivity contribution in [1.82, 2.24) is 15.0 Å². The van der Waals surface area contributed by atoms with Gasteiger partial charge in [-0.25, -0.2) is 15.0 Å². The fourth-order valence-corrected chi connectivity index (χ4v) is 2.96. The fraction of sp³-hybridized carbons (Fsp3) is 0.267. The van der Waals surface area contributed by atoms with Crippen LogP contribution >= 0.6 is 11.3 Å². The molecule has 0 spiro atoms. The molecule has 0 saturated carbocycles. The lowest BCUT2D eigenvalue weighted by atomic mass is 10.3. The minimum absolute atomic E-state index is 0.231. The van der Waals surface area contributed by atoms with Crippen LogP contribution in [0.5, 0.6) is 5.75 Å². The van der Waals surface area contributed by atoms with E-state index in [0.717, 1.165) is 16.0 Å². The number of nitrogens with one attached hydrogen (secondary N) is 2. The maximum atomic E-state index is 6.13. The van der Waals surface area contributed by atoms with E-state index in [1.54, 1.807) is 7.11 Å². The molecule has 0 radical (unpaired) electrons. The lowest BCUT2D eigenvalue weighted by molar-refractivity contribution is 0.415. The Labute approximate surface area is 137 Å². The molecule has 0 aliphatic carbocycles. The van der Waals surface area contributed by atoms with Crippen molar-refractivity contribution in [1.29, 1.82) is 0 Å². The molecule has 0 saturated heterocycles. The number of thiazole rings is 1. The number of anilines is 4. The van der Waals surface area contributed by atoms with Gasteiger partial charge in [0.1, 0.15) is 17.8 Å². The summed E-state index contributed by atoms with van der Waals surface area (Å²) in [6, 6.07) is 5.99. The Morgan fingerprint density at radius 1 is 1.22 bits per heavy atom. The minimum atomic E-state index is 0.231. The second kappa shape index (κ2) is 6.25. The Morgan fingerprint density at radius 3 is 2.74 bits per heavy atom. The largest absolute Gasteiger partial charge is 0.497 e. The second-order valence-corrected chi connectivity index (χ2v) is 6.29. The highest BCUT2D eigenvalue weighted by molar-refractivity contribution is 7.22. The quantitative estimate of drug-likeness (QED) is 0.660. The van der Waals surface area contributed by atoms with Crippen molar-refractivity contribution in [3.8, 4) is 5.75 Å². The van der Waals surface area contributed by atoms with Gasteiger partial charge in [0.2, 0.25) is 0 Å². The highest BCUT2D eigenvalue weighted by Gasteiger charge is 2.11. The molecule has 0 atom stereocenters. The number of rotatable bonds is 5. The van der Waals surface area contributed by atoms with Crippen molar-refractivity contribution in [3.05, 3.63) is 24.5 Å². The topological polar surface area (TPSA) is 98.0 Å². The summed E-state index contributed by atoms with van der Waals surface area (Å²) in [5.41, 5.74) is 7.49. The summed E-state index contributed by atoms with van der Waals surface area (Å²) in [7, 11) is 1.65. The number of nitrogen functional groups attached to an aromatic ring is 1. The summed E-state index contributed by atoms with van der Waals surface area (Å²) in [6.07, 6.45) is 1.47. The number of nitrogens with zero attached hydrogens (tertiary/aromatic N) is 3. The lowest BCUT2D eigenvalue weighted by Gasteiger charge is -2.13. The Hall–Kier alpha value is -2.61. The van der Waals surface area contributed by atoms with Crippen LogP contribution < -0.4 is 21.1 Å². The zero-order valence-corrected chi connectivity index (χ0v) is 13.9. The standard InChI is InChI=1S/C15H18N6OS/c1-8(2)19-13-12(16)14(18-7-17-13)21-15-20-10-5-4-9(22-3)6-11(10)23-15/h4-8H,16H2,1-3H3,(H2,17,18,19,20,21). The van der Waals surface area contributed by atoms with Gasteiger partial charge >= 0.3 is 0 Å². The van der Waals surface area contributed by atoms with Crippen LogP contribution in [0.25, 0.3) is 10.2 Å². The molecule has 0 aliphatic heterocycles. The second-order valence-electron chi connectivity index (χ2n) is 5.26. The van der Waals surface area contributed by atoms with Crippen LogP contribution in [0.4, 0.5) is 22.5 Å². The van der Waals surface area contributed by atoms with Gasteiger partial charge in [-0.3, -0.25) is 0 Å².